The Labute approximate surface area is 201 Å². The van der Waals surface area contributed by atoms with Crippen molar-refractivity contribution in [3.8, 4) is 0 Å². The molecular formula is C24H19Cl2N3O3S. The quantitative estimate of drug-likeness (QED) is 0.341. The normalized spacial score (nSPS) is 11.4. The monoisotopic (exact) mass is 499 g/mol. The van der Waals surface area contributed by atoms with Crippen molar-refractivity contribution in [2.75, 3.05) is 10.0 Å². The maximum atomic E-state index is 13.0. The zero-order chi connectivity index (χ0) is 23.8. The predicted molar refractivity (Wildman–Crippen MR) is 133 cm³/mol. The Morgan fingerprint density at radius 2 is 1.55 bits per heavy atom. The van der Waals surface area contributed by atoms with Crippen LogP contribution in [0.5, 0.6) is 0 Å². The first kappa shape index (κ1) is 23.0. The summed E-state index contributed by atoms with van der Waals surface area (Å²) in [5.41, 5.74) is 2.93. The molecule has 0 radical (unpaired) electrons. The molecule has 0 aliphatic rings. The fourth-order valence-corrected chi connectivity index (χ4v) is 5.09. The lowest BCUT2D eigenvalue weighted by atomic mass is 10.1. The molecule has 168 valence electrons. The van der Waals surface area contributed by atoms with Crippen molar-refractivity contribution in [1.29, 1.82) is 0 Å². The number of nitrogens with one attached hydrogen (secondary N) is 2. The summed E-state index contributed by atoms with van der Waals surface area (Å²) in [4.78, 5) is 17.5. The topological polar surface area (TPSA) is 88.2 Å². The Hall–Kier alpha value is -3.13. The van der Waals surface area contributed by atoms with Gasteiger partial charge in [0.15, 0.2) is 0 Å². The standard InChI is InChI=1S/C24H19Cl2N3O3S/c1-14-9-11-16(12-10-14)33(31,32)29-22-15(2)13-27-23-17(22)5-3-8-20(23)28-24(30)21-18(25)6-4-7-19(21)26/h3-13H,1-2H3,(H,27,29)(H,28,30). The van der Waals surface area contributed by atoms with Gasteiger partial charge in [-0.1, -0.05) is 59.1 Å². The SMILES string of the molecule is Cc1ccc(S(=O)(=O)Nc2c(C)cnc3c(NC(=O)c4c(Cl)cccc4Cl)cccc23)cc1. The fourth-order valence-electron chi connectivity index (χ4n) is 3.37. The minimum atomic E-state index is -3.83. The van der Waals surface area contributed by atoms with E-state index in [1.54, 1.807) is 73.8 Å². The maximum absolute atomic E-state index is 13.0. The zero-order valence-electron chi connectivity index (χ0n) is 17.7. The molecule has 0 saturated carbocycles. The molecule has 1 aromatic heterocycles. The molecule has 4 rings (SSSR count). The van der Waals surface area contributed by atoms with Crippen LogP contribution in [0.1, 0.15) is 21.5 Å². The summed E-state index contributed by atoms with van der Waals surface area (Å²) in [6, 6.07) is 16.5. The molecule has 0 saturated heterocycles. The second-order valence-corrected chi connectivity index (χ2v) is 9.98. The van der Waals surface area contributed by atoms with E-state index < -0.39 is 15.9 Å². The van der Waals surface area contributed by atoms with Gasteiger partial charge >= 0.3 is 0 Å². The number of rotatable bonds is 5. The minimum Gasteiger partial charge on any atom is -0.320 e. The highest BCUT2D eigenvalue weighted by Crippen LogP contribution is 2.33. The molecule has 0 atom stereocenters. The van der Waals surface area contributed by atoms with E-state index in [2.05, 4.69) is 15.0 Å². The van der Waals surface area contributed by atoms with E-state index in [0.29, 0.717) is 27.8 Å². The van der Waals surface area contributed by atoms with Crippen LogP contribution in [0, 0.1) is 13.8 Å². The molecule has 0 fully saturated rings. The van der Waals surface area contributed by atoms with Gasteiger partial charge in [0.05, 0.1) is 37.4 Å². The number of aryl methyl sites for hydroxylation is 2. The lowest BCUT2D eigenvalue weighted by Crippen LogP contribution is -2.15. The smallest absolute Gasteiger partial charge is 0.261 e. The van der Waals surface area contributed by atoms with Crippen molar-refractivity contribution in [2.45, 2.75) is 18.7 Å². The molecule has 9 heteroatoms. The molecule has 2 N–H and O–H groups in total. The number of aromatic nitrogens is 1. The molecule has 1 heterocycles. The molecule has 33 heavy (non-hydrogen) atoms. The van der Waals surface area contributed by atoms with Crippen LogP contribution in [0.25, 0.3) is 10.9 Å². The van der Waals surface area contributed by atoms with Crippen LogP contribution < -0.4 is 10.0 Å². The van der Waals surface area contributed by atoms with Crippen LogP contribution in [0.4, 0.5) is 11.4 Å². The highest BCUT2D eigenvalue weighted by molar-refractivity contribution is 7.92. The molecule has 0 bridgehead atoms. The lowest BCUT2D eigenvalue weighted by molar-refractivity contribution is 0.102. The van der Waals surface area contributed by atoms with Gasteiger partial charge in [-0.2, -0.15) is 0 Å². The average molecular weight is 500 g/mol. The third-order valence-corrected chi connectivity index (χ3v) is 7.09. The summed E-state index contributed by atoms with van der Waals surface area (Å²) in [6.07, 6.45) is 1.55. The first-order chi connectivity index (χ1) is 15.7. The highest BCUT2D eigenvalue weighted by Gasteiger charge is 2.20. The number of pyridine rings is 1. The Morgan fingerprint density at radius 3 is 2.21 bits per heavy atom. The fraction of sp³-hybridized carbons (Fsp3) is 0.0833. The van der Waals surface area contributed by atoms with Gasteiger partial charge in [0.2, 0.25) is 0 Å². The third-order valence-electron chi connectivity index (χ3n) is 5.09. The van der Waals surface area contributed by atoms with Crippen LogP contribution in [0.3, 0.4) is 0 Å². The predicted octanol–water partition coefficient (Wildman–Crippen LogP) is 6.21. The number of anilines is 2. The van der Waals surface area contributed by atoms with Crippen molar-refractivity contribution in [2.24, 2.45) is 0 Å². The maximum Gasteiger partial charge on any atom is 0.261 e. The third kappa shape index (κ3) is 4.66. The van der Waals surface area contributed by atoms with Gasteiger partial charge in [0.1, 0.15) is 0 Å². The van der Waals surface area contributed by atoms with Crippen LogP contribution >= 0.6 is 23.2 Å². The Morgan fingerprint density at radius 1 is 0.909 bits per heavy atom. The van der Waals surface area contributed by atoms with Gasteiger partial charge in [-0.3, -0.25) is 14.5 Å². The summed E-state index contributed by atoms with van der Waals surface area (Å²) >= 11 is 12.3. The molecule has 0 aliphatic heterocycles. The van der Waals surface area contributed by atoms with Gasteiger partial charge in [0.25, 0.3) is 15.9 Å². The van der Waals surface area contributed by atoms with Crippen molar-refractivity contribution in [1.82, 2.24) is 4.98 Å². The first-order valence-corrected chi connectivity index (χ1v) is 12.1. The van der Waals surface area contributed by atoms with Gasteiger partial charge in [0, 0.05) is 11.6 Å². The van der Waals surface area contributed by atoms with E-state index in [-0.39, 0.29) is 20.5 Å². The molecule has 6 nitrogen and oxygen atoms in total. The summed E-state index contributed by atoms with van der Waals surface area (Å²) in [7, 11) is -3.83. The minimum absolute atomic E-state index is 0.144. The van der Waals surface area contributed by atoms with Crippen molar-refractivity contribution >= 4 is 61.4 Å². The number of carbonyl (C=O) groups excluding carboxylic acids is 1. The van der Waals surface area contributed by atoms with Crippen LogP contribution in [0.15, 0.2) is 71.8 Å². The molecular weight excluding hydrogens is 481 g/mol. The van der Waals surface area contributed by atoms with Crippen molar-refractivity contribution in [3.05, 3.63) is 93.6 Å². The molecule has 0 unspecified atom stereocenters. The zero-order valence-corrected chi connectivity index (χ0v) is 20.0. The first-order valence-electron chi connectivity index (χ1n) is 9.90. The average Bonchev–Trinajstić information content (AvgIpc) is 2.76. The molecule has 0 spiro atoms. The Bertz CT molecular complexity index is 1470. The Kier molecular flexibility index (Phi) is 6.30. The van der Waals surface area contributed by atoms with Crippen LogP contribution in [0.2, 0.25) is 10.0 Å². The highest BCUT2D eigenvalue weighted by atomic mass is 35.5. The van der Waals surface area contributed by atoms with Gasteiger partial charge in [-0.25, -0.2) is 8.42 Å². The summed E-state index contributed by atoms with van der Waals surface area (Å²) in [5, 5.41) is 3.75. The van der Waals surface area contributed by atoms with E-state index in [4.69, 9.17) is 23.2 Å². The van der Waals surface area contributed by atoms with Gasteiger partial charge in [-0.05, 0) is 49.7 Å². The van der Waals surface area contributed by atoms with Crippen LogP contribution in [-0.2, 0) is 10.0 Å². The van der Waals surface area contributed by atoms with Crippen molar-refractivity contribution < 1.29 is 13.2 Å². The summed E-state index contributed by atoms with van der Waals surface area (Å²) in [6.45, 7) is 3.64. The van der Waals surface area contributed by atoms with E-state index in [9.17, 15) is 13.2 Å². The lowest BCUT2D eigenvalue weighted by Gasteiger charge is -2.15. The van der Waals surface area contributed by atoms with Gasteiger partial charge < -0.3 is 5.32 Å². The van der Waals surface area contributed by atoms with Crippen molar-refractivity contribution in [3.63, 3.8) is 0 Å². The largest absolute Gasteiger partial charge is 0.320 e. The number of sulfonamides is 1. The second-order valence-electron chi connectivity index (χ2n) is 7.49. The Balaban J connectivity index is 1.75. The van der Waals surface area contributed by atoms with E-state index in [1.165, 1.54) is 0 Å². The number of halogens is 2. The van der Waals surface area contributed by atoms with E-state index in [1.807, 2.05) is 6.92 Å². The number of hydrogen-bond acceptors (Lipinski definition) is 4. The van der Waals surface area contributed by atoms with Gasteiger partial charge in [-0.15, -0.1) is 0 Å². The summed E-state index contributed by atoms with van der Waals surface area (Å²) < 4.78 is 28.7. The second kappa shape index (κ2) is 9.02. The molecule has 0 aliphatic carbocycles. The number of carbonyl (C=O) groups is 1. The molecule has 4 aromatic rings. The number of benzene rings is 3. The number of nitrogens with zero attached hydrogens (tertiary/aromatic N) is 1. The number of hydrogen-bond donors (Lipinski definition) is 2. The molecule has 3 aromatic carbocycles. The number of para-hydroxylation sites is 1. The van der Waals surface area contributed by atoms with E-state index >= 15 is 0 Å². The number of amides is 1. The molecule has 1 amide bonds. The summed E-state index contributed by atoms with van der Waals surface area (Å²) in [5.74, 6) is -0.498. The van der Waals surface area contributed by atoms with E-state index in [0.717, 1.165) is 5.56 Å². The van der Waals surface area contributed by atoms with Crippen LogP contribution in [-0.4, -0.2) is 19.3 Å². The number of fused-ring (bicyclic) bond motifs is 1.